The van der Waals surface area contributed by atoms with Gasteiger partial charge in [0, 0.05) is 17.3 Å². The molecule has 15 heavy (non-hydrogen) atoms. The molecule has 0 amide bonds. The highest BCUT2D eigenvalue weighted by Crippen LogP contribution is 2.12. The molecule has 0 saturated heterocycles. The van der Waals surface area contributed by atoms with Gasteiger partial charge in [-0.1, -0.05) is 0 Å². The maximum Gasteiger partial charge on any atom is 0.135 e. The Kier molecular flexibility index (Phi) is 3.28. The van der Waals surface area contributed by atoms with Gasteiger partial charge in [-0.25, -0.2) is 15.0 Å². The Morgan fingerprint density at radius 1 is 1.40 bits per heavy atom. The van der Waals surface area contributed by atoms with Crippen molar-refractivity contribution in [1.82, 2.24) is 15.0 Å². The Morgan fingerprint density at radius 2 is 2.27 bits per heavy atom. The summed E-state index contributed by atoms with van der Waals surface area (Å²) >= 11 is 7.34. The van der Waals surface area contributed by atoms with Crippen molar-refractivity contribution in [1.29, 1.82) is 0 Å². The summed E-state index contributed by atoms with van der Waals surface area (Å²) in [7, 11) is 0. The van der Waals surface area contributed by atoms with E-state index in [4.69, 9.17) is 11.6 Å². The monoisotopic (exact) mass is 239 g/mol. The van der Waals surface area contributed by atoms with Gasteiger partial charge in [-0.3, -0.25) is 0 Å². The molecule has 2 rings (SSSR count). The van der Waals surface area contributed by atoms with Gasteiger partial charge in [0.25, 0.3) is 0 Å². The summed E-state index contributed by atoms with van der Waals surface area (Å²) in [5.74, 6) is 1.20. The molecule has 0 bridgehead atoms. The number of hydrogen-bond donors (Lipinski definition) is 0. The molecule has 0 aliphatic heterocycles. The van der Waals surface area contributed by atoms with Gasteiger partial charge >= 0.3 is 0 Å². The van der Waals surface area contributed by atoms with Crippen LogP contribution in [0.5, 0.6) is 0 Å². The van der Waals surface area contributed by atoms with E-state index in [9.17, 15) is 0 Å². The van der Waals surface area contributed by atoms with Gasteiger partial charge in [-0.2, -0.15) is 0 Å². The van der Waals surface area contributed by atoms with Gasteiger partial charge in [0.15, 0.2) is 0 Å². The van der Waals surface area contributed by atoms with Crippen LogP contribution in [0.1, 0.15) is 22.2 Å². The molecule has 0 saturated carbocycles. The molecule has 0 fully saturated rings. The first-order valence-corrected chi connectivity index (χ1v) is 5.97. The van der Waals surface area contributed by atoms with E-state index < -0.39 is 0 Å². The van der Waals surface area contributed by atoms with E-state index in [-0.39, 0.29) is 0 Å². The van der Waals surface area contributed by atoms with Crippen molar-refractivity contribution >= 4 is 22.9 Å². The zero-order valence-corrected chi connectivity index (χ0v) is 9.85. The molecule has 0 aliphatic rings. The molecule has 3 nitrogen and oxygen atoms in total. The Morgan fingerprint density at radius 3 is 2.93 bits per heavy atom. The third-order valence-corrected chi connectivity index (χ3v) is 3.12. The number of nitrogens with zero attached hydrogens (tertiary/aromatic N) is 3. The van der Waals surface area contributed by atoms with E-state index in [0.29, 0.717) is 12.3 Å². The Labute approximate surface area is 97.2 Å². The summed E-state index contributed by atoms with van der Waals surface area (Å²) in [4.78, 5) is 12.9. The first-order valence-electron chi connectivity index (χ1n) is 4.55. The van der Waals surface area contributed by atoms with Crippen LogP contribution in [-0.4, -0.2) is 15.0 Å². The lowest BCUT2D eigenvalue weighted by atomic mass is 10.4. The number of halogens is 1. The maximum atomic E-state index is 5.70. The Hall–Kier alpha value is -1.00. The summed E-state index contributed by atoms with van der Waals surface area (Å²) in [6.45, 7) is 1.98. The number of alkyl halides is 1. The van der Waals surface area contributed by atoms with Crippen molar-refractivity contribution in [3.05, 3.63) is 39.9 Å². The molecular formula is C10H10ClN3S. The van der Waals surface area contributed by atoms with Crippen LogP contribution in [-0.2, 0) is 12.3 Å². The number of rotatable bonds is 3. The highest BCUT2D eigenvalue weighted by Gasteiger charge is 2.03. The molecule has 78 valence electrons. The highest BCUT2D eigenvalue weighted by molar-refractivity contribution is 7.09. The molecule has 5 heteroatoms. The summed E-state index contributed by atoms with van der Waals surface area (Å²) < 4.78 is 0. The quantitative estimate of drug-likeness (QED) is 0.773. The topological polar surface area (TPSA) is 38.7 Å². The van der Waals surface area contributed by atoms with Crippen molar-refractivity contribution in [2.45, 2.75) is 19.2 Å². The highest BCUT2D eigenvalue weighted by atomic mass is 35.5. The van der Waals surface area contributed by atoms with Gasteiger partial charge in [0.2, 0.25) is 0 Å². The minimum Gasteiger partial charge on any atom is -0.246 e. The molecule has 0 spiro atoms. The molecule has 0 unspecified atom stereocenters. The van der Waals surface area contributed by atoms with Gasteiger partial charge in [0.1, 0.15) is 10.8 Å². The normalized spacial score (nSPS) is 10.5. The lowest BCUT2D eigenvalue weighted by molar-refractivity contribution is 0.924. The number of aromatic nitrogens is 3. The van der Waals surface area contributed by atoms with Gasteiger partial charge in [-0.05, 0) is 13.0 Å². The molecule has 0 atom stereocenters. The molecule has 2 aromatic rings. The van der Waals surface area contributed by atoms with E-state index in [1.165, 1.54) is 0 Å². The molecule has 0 N–H and O–H groups in total. The van der Waals surface area contributed by atoms with Crippen LogP contribution < -0.4 is 0 Å². The zero-order valence-electron chi connectivity index (χ0n) is 8.27. The molecule has 0 aliphatic carbocycles. The predicted molar refractivity (Wildman–Crippen MR) is 61.2 cm³/mol. The lowest BCUT2D eigenvalue weighted by Gasteiger charge is -1.98. The standard InChI is InChI=1S/C10H10ClN3S/c1-7-6-15-10(13-7)4-9-12-3-2-8(5-11)14-9/h2-3,6H,4-5H2,1H3. The Bertz CT molecular complexity index is 455. The Balaban J connectivity index is 2.16. The maximum absolute atomic E-state index is 5.70. The predicted octanol–water partition coefficient (Wildman–Crippen LogP) is 2.57. The van der Waals surface area contributed by atoms with Crippen molar-refractivity contribution < 1.29 is 0 Å². The fraction of sp³-hybridized carbons (Fsp3) is 0.300. The zero-order chi connectivity index (χ0) is 10.7. The van der Waals surface area contributed by atoms with E-state index in [2.05, 4.69) is 15.0 Å². The van der Waals surface area contributed by atoms with Crippen molar-refractivity contribution in [3.63, 3.8) is 0 Å². The van der Waals surface area contributed by atoms with Crippen molar-refractivity contribution in [3.8, 4) is 0 Å². The summed E-state index contributed by atoms with van der Waals surface area (Å²) in [6.07, 6.45) is 2.42. The first-order chi connectivity index (χ1) is 7.28. The van der Waals surface area contributed by atoms with Crippen LogP contribution in [0, 0.1) is 6.92 Å². The van der Waals surface area contributed by atoms with Crippen LogP contribution in [0.2, 0.25) is 0 Å². The van der Waals surface area contributed by atoms with Crippen LogP contribution in [0.25, 0.3) is 0 Å². The fourth-order valence-electron chi connectivity index (χ4n) is 1.22. The van der Waals surface area contributed by atoms with Crippen molar-refractivity contribution in [2.24, 2.45) is 0 Å². The second kappa shape index (κ2) is 4.68. The average molecular weight is 240 g/mol. The second-order valence-corrected chi connectivity index (χ2v) is 4.37. The third kappa shape index (κ3) is 2.73. The summed E-state index contributed by atoms with van der Waals surface area (Å²) in [6, 6.07) is 1.82. The third-order valence-electron chi connectivity index (χ3n) is 1.88. The SMILES string of the molecule is Cc1csc(Cc2nccc(CCl)n2)n1. The van der Waals surface area contributed by atoms with Crippen LogP contribution in [0.3, 0.4) is 0 Å². The largest absolute Gasteiger partial charge is 0.246 e. The molecule has 0 aromatic carbocycles. The van der Waals surface area contributed by atoms with E-state index in [1.807, 2.05) is 18.4 Å². The number of aryl methyl sites for hydroxylation is 1. The number of thiazole rings is 1. The van der Waals surface area contributed by atoms with Gasteiger partial charge in [-0.15, -0.1) is 22.9 Å². The summed E-state index contributed by atoms with van der Waals surface area (Å²) in [5.41, 5.74) is 1.90. The van der Waals surface area contributed by atoms with Gasteiger partial charge < -0.3 is 0 Å². The van der Waals surface area contributed by atoms with E-state index in [0.717, 1.165) is 22.2 Å². The fourth-order valence-corrected chi connectivity index (χ4v) is 2.14. The second-order valence-electron chi connectivity index (χ2n) is 3.16. The van der Waals surface area contributed by atoms with E-state index >= 15 is 0 Å². The van der Waals surface area contributed by atoms with E-state index in [1.54, 1.807) is 17.5 Å². The minimum atomic E-state index is 0.423. The first kappa shape index (κ1) is 10.5. The van der Waals surface area contributed by atoms with Crippen LogP contribution >= 0.6 is 22.9 Å². The summed E-state index contributed by atoms with van der Waals surface area (Å²) in [5, 5.41) is 3.07. The minimum absolute atomic E-state index is 0.423. The average Bonchev–Trinajstić information content (AvgIpc) is 2.64. The molecule has 2 heterocycles. The molecule has 0 radical (unpaired) electrons. The molecular weight excluding hydrogens is 230 g/mol. The van der Waals surface area contributed by atoms with Crippen LogP contribution in [0.15, 0.2) is 17.6 Å². The smallest absolute Gasteiger partial charge is 0.135 e. The molecule has 2 aromatic heterocycles. The van der Waals surface area contributed by atoms with Gasteiger partial charge in [0.05, 0.1) is 18.0 Å². The van der Waals surface area contributed by atoms with Crippen LogP contribution in [0.4, 0.5) is 0 Å². The van der Waals surface area contributed by atoms with Crippen molar-refractivity contribution in [2.75, 3.05) is 0 Å². The number of hydrogen-bond acceptors (Lipinski definition) is 4. The lowest BCUT2D eigenvalue weighted by Crippen LogP contribution is -1.98.